The summed E-state index contributed by atoms with van der Waals surface area (Å²) in [6.45, 7) is 7.15. The first kappa shape index (κ1) is 13.3. The summed E-state index contributed by atoms with van der Waals surface area (Å²) in [5.74, 6) is -0.0781. The fourth-order valence-electron chi connectivity index (χ4n) is 2.04. The number of aromatic nitrogens is 2. The average Bonchev–Trinajstić information content (AvgIpc) is 2.79. The van der Waals surface area contributed by atoms with Gasteiger partial charge in [0.2, 0.25) is 0 Å². The first-order chi connectivity index (χ1) is 9.11. The molecule has 1 aromatic carbocycles. The molecule has 19 heavy (non-hydrogen) atoms. The van der Waals surface area contributed by atoms with Gasteiger partial charge in [-0.05, 0) is 38.0 Å². The van der Waals surface area contributed by atoms with Crippen molar-refractivity contribution in [2.24, 2.45) is 0 Å². The zero-order valence-corrected chi connectivity index (χ0v) is 11.6. The van der Waals surface area contributed by atoms with Gasteiger partial charge in [-0.25, -0.2) is 0 Å². The molecule has 1 aromatic heterocycles. The van der Waals surface area contributed by atoms with E-state index in [2.05, 4.69) is 10.4 Å². The van der Waals surface area contributed by atoms with Gasteiger partial charge < -0.3 is 5.32 Å². The second kappa shape index (κ2) is 5.69. The van der Waals surface area contributed by atoms with Gasteiger partial charge in [-0.2, -0.15) is 5.10 Å². The lowest BCUT2D eigenvalue weighted by Crippen LogP contribution is -2.26. The van der Waals surface area contributed by atoms with Crippen LogP contribution in [0.2, 0.25) is 0 Å². The third-order valence-electron chi connectivity index (χ3n) is 3.13. The van der Waals surface area contributed by atoms with E-state index in [4.69, 9.17) is 0 Å². The first-order valence-corrected chi connectivity index (χ1v) is 6.49. The Balaban J connectivity index is 2.07. The summed E-state index contributed by atoms with van der Waals surface area (Å²) in [7, 11) is 0. The maximum atomic E-state index is 12.2. The molecule has 0 radical (unpaired) electrons. The van der Waals surface area contributed by atoms with Crippen molar-refractivity contribution in [3.8, 4) is 0 Å². The van der Waals surface area contributed by atoms with Crippen LogP contribution in [0.5, 0.6) is 0 Å². The van der Waals surface area contributed by atoms with Gasteiger partial charge in [0.15, 0.2) is 0 Å². The Hall–Kier alpha value is -2.10. The summed E-state index contributed by atoms with van der Waals surface area (Å²) in [6, 6.07) is 9.86. The van der Waals surface area contributed by atoms with Crippen molar-refractivity contribution in [3.63, 3.8) is 0 Å². The molecule has 0 saturated carbocycles. The van der Waals surface area contributed by atoms with Crippen LogP contribution >= 0.6 is 0 Å². The Labute approximate surface area is 113 Å². The molecule has 0 aliphatic heterocycles. The Bertz CT molecular complexity index is 587. The number of amides is 1. The van der Waals surface area contributed by atoms with Crippen LogP contribution in [0.25, 0.3) is 0 Å². The van der Waals surface area contributed by atoms with E-state index in [1.165, 1.54) is 5.56 Å². The summed E-state index contributed by atoms with van der Waals surface area (Å²) in [5, 5.41) is 7.22. The molecule has 4 heteroatoms. The van der Waals surface area contributed by atoms with E-state index in [1.807, 2.05) is 51.1 Å². The van der Waals surface area contributed by atoms with Crippen molar-refractivity contribution in [2.45, 2.75) is 33.9 Å². The van der Waals surface area contributed by atoms with Gasteiger partial charge in [0.1, 0.15) is 5.69 Å². The number of hydrogen-bond acceptors (Lipinski definition) is 2. The number of aryl methyl sites for hydroxylation is 3. The van der Waals surface area contributed by atoms with E-state index < -0.39 is 0 Å². The molecule has 2 aromatic rings. The van der Waals surface area contributed by atoms with Gasteiger partial charge in [-0.1, -0.05) is 24.3 Å². The standard InChI is InChI=1S/C15H19N3O/c1-4-18-14(9-12(3)17-18)15(19)16-10-13-8-6-5-7-11(13)2/h5-9H,4,10H2,1-3H3,(H,16,19). The Kier molecular flexibility index (Phi) is 4.00. The summed E-state index contributed by atoms with van der Waals surface area (Å²) >= 11 is 0. The quantitative estimate of drug-likeness (QED) is 0.914. The molecule has 0 aliphatic carbocycles. The van der Waals surface area contributed by atoms with Crippen molar-refractivity contribution in [2.75, 3.05) is 0 Å². The lowest BCUT2D eigenvalue weighted by Gasteiger charge is -2.08. The fraction of sp³-hybridized carbons (Fsp3) is 0.333. The Morgan fingerprint density at radius 3 is 2.74 bits per heavy atom. The van der Waals surface area contributed by atoms with E-state index in [0.717, 1.165) is 11.3 Å². The molecule has 0 aliphatic rings. The van der Waals surface area contributed by atoms with Crippen molar-refractivity contribution in [1.82, 2.24) is 15.1 Å². The first-order valence-electron chi connectivity index (χ1n) is 6.49. The van der Waals surface area contributed by atoms with Crippen molar-refractivity contribution < 1.29 is 4.79 Å². The molecule has 0 unspecified atom stereocenters. The molecule has 1 heterocycles. The van der Waals surface area contributed by atoms with E-state index in [-0.39, 0.29) is 5.91 Å². The van der Waals surface area contributed by atoms with Crippen molar-refractivity contribution in [1.29, 1.82) is 0 Å². The highest BCUT2D eigenvalue weighted by Crippen LogP contribution is 2.08. The molecule has 0 fully saturated rings. The van der Waals surface area contributed by atoms with Gasteiger partial charge in [-0.3, -0.25) is 9.48 Å². The number of hydrogen-bond donors (Lipinski definition) is 1. The molecular weight excluding hydrogens is 238 g/mol. The average molecular weight is 257 g/mol. The van der Waals surface area contributed by atoms with Crippen molar-refractivity contribution in [3.05, 3.63) is 52.8 Å². The zero-order valence-electron chi connectivity index (χ0n) is 11.6. The summed E-state index contributed by atoms with van der Waals surface area (Å²) in [6.07, 6.45) is 0. The number of benzene rings is 1. The van der Waals surface area contributed by atoms with Crippen LogP contribution in [-0.4, -0.2) is 15.7 Å². The summed E-state index contributed by atoms with van der Waals surface area (Å²) < 4.78 is 1.72. The minimum Gasteiger partial charge on any atom is -0.347 e. The second-order valence-electron chi connectivity index (χ2n) is 4.60. The van der Waals surface area contributed by atoms with E-state index in [1.54, 1.807) is 4.68 Å². The number of nitrogens with one attached hydrogen (secondary N) is 1. The smallest absolute Gasteiger partial charge is 0.269 e. The molecule has 4 nitrogen and oxygen atoms in total. The number of carbonyl (C=O) groups is 1. The van der Waals surface area contributed by atoms with Gasteiger partial charge in [-0.15, -0.1) is 0 Å². The highest BCUT2D eigenvalue weighted by atomic mass is 16.2. The monoisotopic (exact) mass is 257 g/mol. The molecule has 0 bridgehead atoms. The molecule has 2 rings (SSSR count). The maximum Gasteiger partial charge on any atom is 0.269 e. The fourth-order valence-corrected chi connectivity index (χ4v) is 2.04. The minimum atomic E-state index is -0.0781. The van der Waals surface area contributed by atoms with E-state index in [9.17, 15) is 4.79 Å². The molecule has 1 amide bonds. The summed E-state index contributed by atoms with van der Waals surface area (Å²) in [4.78, 5) is 12.2. The molecule has 0 saturated heterocycles. The minimum absolute atomic E-state index is 0.0781. The van der Waals surface area contributed by atoms with Crippen LogP contribution < -0.4 is 5.32 Å². The molecule has 0 spiro atoms. The van der Waals surface area contributed by atoms with Crippen LogP contribution in [0.1, 0.15) is 34.2 Å². The van der Waals surface area contributed by atoms with Crippen LogP contribution in [0.3, 0.4) is 0 Å². The van der Waals surface area contributed by atoms with Crippen LogP contribution in [0.4, 0.5) is 0 Å². The topological polar surface area (TPSA) is 46.9 Å². The highest BCUT2D eigenvalue weighted by Gasteiger charge is 2.12. The number of carbonyl (C=O) groups excluding carboxylic acids is 1. The Morgan fingerprint density at radius 2 is 2.05 bits per heavy atom. The molecule has 1 N–H and O–H groups in total. The normalized spacial score (nSPS) is 10.5. The second-order valence-corrected chi connectivity index (χ2v) is 4.60. The third-order valence-corrected chi connectivity index (χ3v) is 3.13. The van der Waals surface area contributed by atoms with Gasteiger partial charge in [0.25, 0.3) is 5.91 Å². The van der Waals surface area contributed by atoms with E-state index in [0.29, 0.717) is 18.8 Å². The predicted octanol–water partition coefficient (Wildman–Crippen LogP) is 2.45. The van der Waals surface area contributed by atoms with Gasteiger partial charge in [0.05, 0.1) is 5.69 Å². The summed E-state index contributed by atoms with van der Waals surface area (Å²) in [5.41, 5.74) is 3.80. The lowest BCUT2D eigenvalue weighted by molar-refractivity contribution is 0.0940. The highest BCUT2D eigenvalue weighted by molar-refractivity contribution is 5.92. The van der Waals surface area contributed by atoms with Gasteiger partial charge >= 0.3 is 0 Å². The SMILES string of the molecule is CCn1nc(C)cc1C(=O)NCc1ccccc1C. The van der Waals surface area contributed by atoms with Crippen molar-refractivity contribution >= 4 is 5.91 Å². The molecule has 0 atom stereocenters. The molecule has 100 valence electrons. The van der Waals surface area contributed by atoms with Crippen LogP contribution in [-0.2, 0) is 13.1 Å². The number of rotatable bonds is 4. The number of nitrogens with zero attached hydrogens (tertiary/aromatic N) is 2. The van der Waals surface area contributed by atoms with Gasteiger partial charge in [0, 0.05) is 13.1 Å². The Morgan fingerprint density at radius 1 is 1.32 bits per heavy atom. The van der Waals surface area contributed by atoms with Crippen LogP contribution in [0, 0.1) is 13.8 Å². The lowest BCUT2D eigenvalue weighted by atomic mass is 10.1. The van der Waals surface area contributed by atoms with E-state index >= 15 is 0 Å². The maximum absolute atomic E-state index is 12.2. The third kappa shape index (κ3) is 3.02. The van der Waals surface area contributed by atoms with Crippen LogP contribution in [0.15, 0.2) is 30.3 Å². The zero-order chi connectivity index (χ0) is 13.8. The predicted molar refractivity (Wildman–Crippen MR) is 75.0 cm³/mol. The largest absolute Gasteiger partial charge is 0.347 e. The molecular formula is C15H19N3O.